The van der Waals surface area contributed by atoms with Crippen molar-refractivity contribution in [1.29, 1.82) is 0 Å². The lowest BCUT2D eigenvalue weighted by Gasteiger charge is -2.08. The monoisotopic (exact) mass is 246 g/mol. The summed E-state index contributed by atoms with van der Waals surface area (Å²) in [4.78, 5) is 0. The van der Waals surface area contributed by atoms with Gasteiger partial charge in [-0.15, -0.1) is 0 Å². The molecule has 0 amide bonds. The largest absolute Gasteiger partial charge is 0.452 e. The number of aliphatic hydroxyl groups excluding tert-OH is 1. The van der Waals surface area contributed by atoms with Crippen molar-refractivity contribution in [3.8, 4) is 0 Å². The highest BCUT2D eigenvalue weighted by atomic mass is 79.9. The number of hydrogen-bond donors (Lipinski definition) is 1. The van der Waals surface area contributed by atoms with Crippen LogP contribution in [0, 0.1) is 5.92 Å². The maximum Gasteiger partial charge on any atom is 0.169 e. The predicted molar refractivity (Wildman–Crippen MR) is 55.4 cm³/mol. The fourth-order valence-electron chi connectivity index (χ4n) is 1.14. The first kappa shape index (κ1) is 10.8. The van der Waals surface area contributed by atoms with Crippen LogP contribution >= 0.6 is 15.9 Å². The molecule has 1 rings (SSSR count). The first-order valence-electron chi connectivity index (χ1n) is 4.53. The maximum atomic E-state index is 9.67. The molecule has 1 atom stereocenters. The molecule has 0 spiro atoms. The first-order valence-corrected chi connectivity index (χ1v) is 5.32. The van der Waals surface area contributed by atoms with Crippen molar-refractivity contribution in [2.45, 2.75) is 32.8 Å². The molecule has 0 saturated heterocycles. The second-order valence-electron chi connectivity index (χ2n) is 3.63. The Morgan fingerprint density at radius 1 is 1.38 bits per heavy atom. The summed E-state index contributed by atoms with van der Waals surface area (Å²) in [5, 5.41) is 9.67. The van der Waals surface area contributed by atoms with Gasteiger partial charge in [0.05, 0.1) is 0 Å². The first-order chi connectivity index (χ1) is 6.09. The van der Waals surface area contributed by atoms with E-state index < -0.39 is 6.10 Å². The third-order valence-corrected chi connectivity index (χ3v) is 2.37. The number of halogens is 1. The Morgan fingerprint density at radius 2 is 2.08 bits per heavy atom. The summed E-state index contributed by atoms with van der Waals surface area (Å²) in [6, 6.07) is 3.60. The van der Waals surface area contributed by atoms with Gasteiger partial charge in [-0.05, 0) is 46.8 Å². The molecular formula is C10H15BrO2. The van der Waals surface area contributed by atoms with Crippen molar-refractivity contribution in [3.05, 3.63) is 22.6 Å². The molecule has 0 aromatic carbocycles. The van der Waals surface area contributed by atoms with Crippen molar-refractivity contribution >= 4 is 15.9 Å². The van der Waals surface area contributed by atoms with Gasteiger partial charge in [0.25, 0.3) is 0 Å². The van der Waals surface area contributed by atoms with E-state index in [9.17, 15) is 5.11 Å². The Morgan fingerprint density at radius 3 is 2.54 bits per heavy atom. The summed E-state index contributed by atoms with van der Waals surface area (Å²) in [5.74, 6) is 1.26. The lowest BCUT2D eigenvalue weighted by molar-refractivity contribution is 0.132. The molecule has 1 aromatic rings. The Bertz CT molecular complexity index is 255. The topological polar surface area (TPSA) is 33.4 Å². The number of hydrogen-bond acceptors (Lipinski definition) is 2. The summed E-state index contributed by atoms with van der Waals surface area (Å²) in [6.45, 7) is 4.29. The third-order valence-electron chi connectivity index (χ3n) is 1.94. The highest BCUT2D eigenvalue weighted by Crippen LogP contribution is 2.24. The molecule has 0 fully saturated rings. The van der Waals surface area contributed by atoms with E-state index in [-0.39, 0.29) is 0 Å². The minimum Gasteiger partial charge on any atom is -0.452 e. The second-order valence-corrected chi connectivity index (χ2v) is 4.41. The molecule has 0 saturated carbocycles. The van der Waals surface area contributed by atoms with Crippen molar-refractivity contribution in [2.75, 3.05) is 0 Å². The molecule has 0 aliphatic heterocycles. The second kappa shape index (κ2) is 4.82. The van der Waals surface area contributed by atoms with E-state index >= 15 is 0 Å². The van der Waals surface area contributed by atoms with Crippen molar-refractivity contribution < 1.29 is 9.52 Å². The molecule has 1 N–H and O–H groups in total. The smallest absolute Gasteiger partial charge is 0.169 e. The SMILES string of the molecule is CC(C)CCC(O)c1ccc(Br)o1. The maximum absolute atomic E-state index is 9.67. The molecule has 0 radical (unpaired) electrons. The minimum absolute atomic E-state index is 0.464. The molecular weight excluding hydrogens is 232 g/mol. The van der Waals surface area contributed by atoms with E-state index in [0.29, 0.717) is 16.3 Å². The lowest BCUT2D eigenvalue weighted by Crippen LogP contribution is -1.98. The van der Waals surface area contributed by atoms with Crippen LogP contribution in [-0.2, 0) is 0 Å². The summed E-state index contributed by atoms with van der Waals surface area (Å²) in [5.41, 5.74) is 0. The van der Waals surface area contributed by atoms with Crippen LogP contribution in [0.1, 0.15) is 38.6 Å². The molecule has 1 unspecified atom stereocenters. The van der Waals surface area contributed by atoms with E-state index in [1.54, 1.807) is 12.1 Å². The summed E-state index contributed by atoms with van der Waals surface area (Å²) < 4.78 is 5.92. The van der Waals surface area contributed by atoms with E-state index in [0.717, 1.165) is 12.8 Å². The zero-order valence-corrected chi connectivity index (χ0v) is 9.54. The van der Waals surface area contributed by atoms with Gasteiger partial charge >= 0.3 is 0 Å². The van der Waals surface area contributed by atoms with E-state index in [4.69, 9.17) is 4.42 Å². The molecule has 74 valence electrons. The summed E-state index contributed by atoms with van der Waals surface area (Å²) in [6.07, 6.45) is 1.31. The summed E-state index contributed by atoms with van der Waals surface area (Å²) >= 11 is 3.20. The molecule has 1 aromatic heterocycles. The molecule has 2 nitrogen and oxygen atoms in total. The predicted octanol–water partition coefficient (Wildman–Crippen LogP) is 3.51. The molecule has 1 heterocycles. The fourth-order valence-corrected chi connectivity index (χ4v) is 1.46. The number of aliphatic hydroxyl groups is 1. The van der Waals surface area contributed by atoms with Gasteiger partial charge in [-0.2, -0.15) is 0 Å². The average Bonchev–Trinajstić information content (AvgIpc) is 2.47. The van der Waals surface area contributed by atoms with Crippen LogP contribution in [0.15, 0.2) is 21.2 Å². The number of furan rings is 1. The minimum atomic E-state index is -0.464. The Hall–Kier alpha value is -0.280. The van der Waals surface area contributed by atoms with E-state index in [2.05, 4.69) is 29.8 Å². The molecule has 0 aliphatic carbocycles. The van der Waals surface area contributed by atoms with Crippen LogP contribution in [0.5, 0.6) is 0 Å². The third kappa shape index (κ3) is 3.53. The lowest BCUT2D eigenvalue weighted by atomic mass is 10.0. The van der Waals surface area contributed by atoms with Crippen molar-refractivity contribution in [2.24, 2.45) is 5.92 Å². The average molecular weight is 247 g/mol. The van der Waals surface area contributed by atoms with Gasteiger partial charge in [-0.3, -0.25) is 0 Å². The summed E-state index contributed by atoms with van der Waals surface area (Å²) in [7, 11) is 0. The fraction of sp³-hybridized carbons (Fsp3) is 0.600. The van der Waals surface area contributed by atoms with Crippen molar-refractivity contribution in [1.82, 2.24) is 0 Å². The van der Waals surface area contributed by atoms with Crippen LogP contribution in [0.3, 0.4) is 0 Å². The molecule has 0 bridgehead atoms. The van der Waals surface area contributed by atoms with Gasteiger partial charge in [0, 0.05) is 0 Å². The van der Waals surface area contributed by atoms with Gasteiger partial charge in [0.15, 0.2) is 4.67 Å². The van der Waals surface area contributed by atoms with Gasteiger partial charge in [0.2, 0.25) is 0 Å². The standard InChI is InChI=1S/C10H15BrO2/c1-7(2)3-4-8(12)9-5-6-10(11)13-9/h5-8,12H,3-4H2,1-2H3. The van der Waals surface area contributed by atoms with Gasteiger partial charge < -0.3 is 9.52 Å². The highest BCUT2D eigenvalue weighted by Gasteiger charge is 2.11. The van der Waals surface area contributed by atoms with Crippen LogP contribution < -0.4 is 0 Å². The zero-order valence-electron chi connectivity index (χ0n) is 7.96. The zero-order chi connectivity index (χ0) is 9.84. The van der Waals surface area contributed by atoms with Gasteiger partial charge in [-0.25, -0.2) is 0 Å². The van der Waals surface area contributed by atoms with E-state index in [1.165, 1.54) is 0 Å². The molecule has 0 aliphatic rings. The Balaban J connectivity index is 2.44. The highest BCUT2D eigenvalue weighted by molar-refractivity contribution is 9.10. The van der Waals surface area contributed by atoms with Crippen LogP contribution in [0.25, 0.3) is 0 Å². The number of rotatable bonds is 4. The molecule has 13 heavy (non-hydrogen) atoms. The quantitative estimate of drug-likeness (QED) is 0.883. The Kier molecular flexibility index (Phi) is 4.00. The van der Waals surface area contributed by atoms with Gasteiger partial charge in [-0.1, -0.05) is 13.8 Å². The Labute approximate surface area is 87.1 Å². The van der Waals surface area contributed by atoms with Gasteiger partial charge in [0.1, 0.15) is 11.9 Å². The van der Waals surface area contributed by atoms with Crippen molar-refractivity contribution in [3.63, 3.8) is 0 Å². The normalized spacial score (nSPS) is 13.6. The molecule has 3 heteroatoms. The van der Waals surface area contributed by atoms with E-state index in [1.807, 2.05) is 0 Å². The van der Waals surface area contributed by atoms with Crippen LogP contribution in [-0.4, -0.2) is 5.11 Å². The van der Waals surface area contributed by atoms with Crippen LogP contribution in [0.2, 0.25) is 0 Å². The van der Waals surface area contributed by atoms with Crippen LogP contribution in [0.4, 0.5) is 0 Å².